The molecule has 3 aromatic rings. The van der Waals surface area contributed by atoms with E-state index in [1.165, 1.54) is 23.5 Å². The number of halogens is 1. The van der Waals surface area contributed by atoms with Gasteiger partial charge < -0.3 is 5.32 Å². The van der Waals surface area contributed by atoms with Gasteiger partial charge in [0.1, 0.15) is 9.85 Å². The van der Waals surface area contributed by atoms with E-state index in [0.717, 1.165) is 16.9 Å². The van der Waals surface area contributed by atoms with Crippen LogP contribution in [0.1, 0.15) is 5.56 Å². The maximum atomic E-state index is 12.6. The molecule has 2 aromatic heterocycles. The monoisotopic (exact) mass is 372 g/mol. The lowest BCUT2D eigenvalue weighted by atomic mass is 10.2. The molecule has 0 fully saturated rings. The summed E-state index contributed by atoms with van der Waals surface area (Å²) in [6.07, 6.45) is 0. The Balaban J connectivity index is 1.97. The topological polar surface area (TPSA) is 84.8 Å². The number of benzene rings is 1. The van der Waals surface area contributed by atoms with Crippen molar-refractivity contribution in [1.82, 2.24) is 15.2 Å². The molecule has 0 saturated carbocycles. The van der Waals surface area contributed by atoms with E-state index in [1.807, 2.05) is 6.92 Å². The Morgan fingerprint density at radius 1 is 1.18 bits per heavy atom. The molecule has 6 nitrogen and oxygen atoms in total. The van der Waals surface area contributed by atoms with E-state index in [0.29, 0.717) is 10.3 Å². The molecule has 0 unspecified atom stereocenters. The van der Waals surface area contributed by atoms with Crippen LogP contribution in [-0.4, -0.2) is 23.6 Å². The standard InChI is InChI=1S/C12H9ClN4O2S3/c1-7-2-4-8(5-3-7)22(18,19)10-9(13)21-11(15-10)16-12-17-14-6-20-12/h2-6H,1H3,(H,15,16,17). The Morgan fingerprint density at radius 2 is 1.91 bits per heavy atom. The minimum absolute atomic E-state index is 0.104. The highest BCUT2D eigenvalue weighted by Gasteiger charge is 2.25. The molecule has 10 heteroatoms. The zero-order valence-electron chi connectivity index (χ0n) is 11.1. The first-order valence-corrected chi connectivity index (χ1v) is 9.54. The molecule has 0 saturated heterocycles. The summed E-state index contributed by atoms with van der Waals surface area (Å²) < 4.78 is 25.3. The van der Waals surface area contributed by atoms with Crippen molar-refractivity contribution < 1.29 is 8.42 Å². The first-order chi connectivity index (χ1) is 10.5. The fourth-order valence-corrected chi connectivity index (χ4v) is 4.97. The molecule has 0 aliphatic carbocycles. The van der Waals surface area contributed by atoms with Crippen LogP contribution < -0.4 is 5.32 Å². The predicted octanol–water partition coefficient (Wildman–Crippen LogP) is 3.53. The second-order valence-electron chi connectivity index (χ2n) is 4.28. The second kappa shape index (κ2) is 5.92. The van der Waals surface area contributed by atoms with Crippen molar-refractivity contribution >= 4 is 54.4 Å². The Bertz CT molecular complexity index is 889. The number of aryl methyl sites for hydroxylation is 1. The zero-order valence-corrected chi connectivity index (χ0v) is 14.4. The van der Waals surface area contributed by atoms with Crippen LogP contribution >= 0.6 is 34.3 Å². The Hall–Kier alpha value is -1.55. The molecular weight excluding hydrogens is 364 g/mol. The normalized spacial score (nSPS) is 11.5. The van der Waals surface area contributed by atoms with Gasteiger partial charge in [0.25, 0.3) is 0 Å². The zero-order chi connectivity index (χ0) is 15.7. The lowest BCUT2D eigenvalue weighted by molar-refractivity contribution is 0.593. The number of thiazole rings is 1. The molecule has 0 aliphatic heterocycles. The molecule has 0 aliphatic rings. The highest BCUT2D eigenvalue weighted by Crippen LogP contribution is 2.35. The molecule has 2 heterocycles. The minimum Gasteiger partial charge on any atom is -0.306 e. The maximum Gasteiger partial charge on any atom is 0.226 e. The minimum atomic E-state index is -3.75. The van der Waals surface area contributed by atoms with Crippen LogP contribution in [0.25, 0.3) is 0 Å². The van der Waals surface area contributed by atoms with Crippen molar-refractivity contribution in [3.8, 4) is 0 Å². The highest BCUT2D eigenvalue weighted by atomic mass is 35.5. The van der Waals surface area contributed by atoms with Gasteiger partial charge in [-0.15, -0.1) is 10.2 Å². The van der Waals surface area contributed by atoms with Gasteiger partial charge in [-0.25, -0.2) is 13.4 Å². The van der Waals surface area contributed by atoms with E-state index >= 15 is 0 Å². The van der Waals surface area contributed by atoms with Gasteiger partial charge in [0.15, 0.2) is 10.2 Å². The van der Waals surface area contributed by atoms with Crippen LogP contribution in [0.2, 0.25) is 4.34 Å². The van der Waals surface area contributed by atoms with E-state index in [-0.39, 0.29) is 14.3 Å². The van der Waals surface area contributed by atoms with Crippen LogP contribution in [0.15, 0.2) is 39.7 Å². The van der Waals surface area contributed by atoms with Crippen LogP contribution in [0.3, 0.4) is 0 Å². The van der Waals surface area contributed by atoms with Gasteiger partial charge in [-0.2, -0.15) is 0 Å². The molecule has 1 aromatic carbocycles. The summed E-state index contributed by atoms with van der Waals surface area (Å²) in [5.74, 6) is 0. The van der Waals surface area contributed by atoms with Crippen molar-refractivity contribution in [3.63, 3.8) is 0 Å². The van der Waals surface area contributed by atoms with E-state index in [9.17, 15) is 8.42 Å². The van der Waals surface area contributed by atoms with Gasteiger partial charge in [-0.1, -0.05) is 52.0 Å². The van der Waals surface area contributed by atoms with Crippen molar-refractivity contribution in [1.29, 1.82) is 0 Å². The fourth-order valence-electron chi connectivity index (χ4n) is 1.65. The van der Waals surface area contributed by atoms with Crippen LogP contribution in [-0.2, 0) is 9.84 Å². The summed E-state index contributed by atoms with van der Waals surface area (Å²) in [5, 5.41) is 11.1. The molecule has 3 rings (SSSR count). The summed E-state index contributed by atoms with van der Waals surface area (Å²) in [4.78, 5) is 4.24. The predicted molar refractivity (Wildman–Crippen MR) is 86.9 cm³/mol. The number of hydrogen-bond donors (Lipinski definition) is 1. The summed E-state index contributed by atoms with van der Waals surface area (Å²) >= 11 is 8.37. The number of anilines is 2. The van der Waals surface area contributed by atoms with Crippen LogP contribution in [0.4, 0.5) is 10.3 Å². The molecule has 0 bridgehead atoms. The Morgan fingerprint density at radius 3 is 2.55 bits per heavy atom. The number of nitrogens with one attached hydrogen (secondary N) is 1. The molecule has 22 heavy (non-hydrogen) atoms. The lowest BCUT2D eigenvalue weighted by Crippen LogP contribution is -2.03. The van der Waals surface area contributed by atoms with E-state index < -0.39 is 9.84 Å². The summed E-state index contributed by atoms with van der Waals surface area (Å²) in [7, 11) is -3.75. The van der Waals surface area contributed by atoms with Crippen molar-refractivity contribution in [2.24, 2.45) is 0 Å². The first-order valence-electron chi connectivity index (χ1n) is 5.98. The second-order valence-corrected chi connectivity index (χ2v) is 8.58. The molecule has 0 spiro atoms. The molecule has 0 amide bonds. The molecule has 1 N–H and O–H groups in total. The molecular formula is C12H9ClN4O2S3. The van der Waals surface area contributed by atoms with Crippen molar-refractivity contribution in [3.05, 3.63) is 39.7 Å². The quantitative estimate of drug-likeness (QED) is 0.754. The van der Waals surface area contributed by atoms with Gasteiger partial charge in [0.2, 0.25) is 15.0 Å². The largest absolute Gasteiger partial charge is 0.306 e. The van der Waals surface area contributed by atoms with E-state index in [2.05, 4.69) is 20.5 Å². The fraction of sp³-hybridized carbons (Fsp3) is 0.0833. The summed E-state index contributed by atoms with van der Waals surface area (Å²) in [6.45, 7) is 1.89. The third-order valence-electron chi connectivity index (χ3n) is 2.72. The van der Waals surface area contributed by atoms with E-state index in [4.69, 9.17) is 11.6 Å². The molecule has 0 radical (unpaired) electrons. The first kappa shape index (κ1) is 15.3. The number of rotatable bonds is 4. The highest BCUT2D eigenvalue weighted by molar-refractivity contribution is 7.91. The number of sulfone groups is 1. The van der Waals surface area contributed by atoms with Gasteiger partial charge in [-0.05, 0) is 19.1 Å². The molecule has 0 atom stereocenters. The average Bonchev–Trinajstić information content (AvgIpc) is 3.10. The lowest BCUT2D eigenvalue weighted by Gasteiger charge is -2.02. The SMILES string of the molecule is Cc1ccc(S(=O)(=O)c2nc(Nc3nncs3)sc2Cl)cc1. The van der Waals surface area contributed by atoms with Crippen LogP contribution in [0, 0.1) is 6.92 Å². The van der Waals surface area contributed by atoms with Crippen molar-refractivity contribution in [2.75, 3.05) is 5.32 Å². The number of aromatic nitrogens is 3. The van der Waals surface area contributed by atoms with E-state index in [1.54, 1.807) is 17.6 Å². The third-order valence-corrected chi connectivity index (χ3v) is 6.43. The number of nitrogens with zero attached hydrogens (tertiary/aromatic N) is 3. The van der Waals surface area contributed by atoms with Gasteiger partial charge in [-0.3, -0.25) is 0 Å². The third kappa shape index (κ3) is 2.98. The van der Waals surface area contributed by atoms with Crippen molar-refractivity contribution in [2.45, 2.75) is 16.8 Å². The number of hydrogen-bond acceptors (Lipinski definition) is 8. The van der Waals surface area contributed by atoms with Gasteiger partial charge >= 0.3 is 0 Å². The van der Waals surface area contributed by atoms with Crippen LogP contribution in [0.5, 0.6) is 0 Å². The summed E-state index contributed by atoms with van der Waals surface area (Å²) in [6, 6.07) is 6.54. The Labute approximate surface area is 139 Å². The smallest absolute Gasteiger partial charge is 0.226 e. The Kier molecular flexibility index (Phi) is 4.13. The maximum absolute atomic E-state index is 12.6. The summed E-state index contributed by atoms with van der Waals surface area (Å²) in [5.41, 5.74) is 2.53. The average molecular weight is 373 g/mol. The van der Waals surface area contributed by atoms with Gasteiger partial charge in [0.05, 0.1) is 4.90 Å². The molecule has 114 valence electrons. The van der Waals surface area contributed by atoms with Gasteiger partial charge in [0, 0.05) is 0 Å².